The van der Waals surface area contributed by atoms with Crippen LogP contribution in [-0.2, 0) is 16.0 Å². The van der Waals surface area contributed by atoms with Crippen molar-refractivity contribution in [2.75, 3.05) is 13.1 Å². The molecule has 2 fully saturated rings. The van der Waals surface area contributed by atoms with E-state index in [9.17, 15) is 19.8 Å². The zero-order valence-corrected chi connectivity index (χ0v) is 14.8. The van der Waals surface area contributed by atoms with Crippen LogP contribution in [0.1, 0.15) is 43.2 Å². The van der Waals surface area contributed by atoms with Crippen LogP contribution in [0.4, 0.5) is 0 Å². The van der Waals surface area contributed by atoms with Gasteiger partial charge in [0.25, 0.3) is 0 Å². The summed E-state index contributed by atoms with van der Waals surface area (Å²) >= 11 is 0. The number of piperidine rings is 1. The van der Waals surface area contributed by atoms with E-state index in [0.717, 1.165) is 24.0 Å². The van der Waals surface area contributed by atoms with Crippen molar-refractivity contribution in [3.8, 4) is 0 Å². The number of carboxylic acid groups (broad SMARTS) is 1. The summed E-state index contributed by atoms with van der Waals surface area (Å²) in [5.74, 6) is -0.604. The smallest absolute Gasteiger partial charge is 0.314 e. The van der Waals surface area contributed by atoms with E-state index in [-0.39, 0.29) is 12.5 Å². The number of hydrogen-bond donors (Lipinski definition) is 2. The molecule has 1 saturated carbocycles. The fraction of sp³-hybridized carbons (Fsp3) is 0.600. The van der Waals surface area contributed by atoms with Gasteiger partial charge in [-0.2, -0.15) is 0 Å². The quantitative estimate of drug-likeness (QED) is 0.830. The molecule has 1 saturated heterocycles. The van der Waals surface area contributed by atoms with Crippen molar-refractivity contribution in [1.82, 2.24) is 4.90 Å². The highest BCUT2D eigenvalue weighted by molar-refractivity contribution is 5.80. The van der Waals surface area contributed by atoms with E-state index in [2.05, 4.69) is 0 Å². The number of aryl methyl sites for hydroxylation is 2. The third kappa shape index (κ3) is 3.87. The van der Waals surface area contributed by atoms with Gasteiger partial charge in [0.15, 0.2) is 0 Å². The molecule has 1 aliphatic carbocycles. The van der Waals surface area contributed by atoms with Gasteiger partial charge in [-0.25, -0.2) is 0 Å². The third-order valence-corrected chi connectivity index (χ3v) is 5.78. The second kappa shape index (κ2) is 7.16. The highest BCUT2D eigenvalue weighted by Crippen LogP contribution is 2.45. The van der Waals surface area contributed by atoms with E-state index >= 15 is 0 Å². The lowest BCUT2D eigenvalue weighted by molar-refractivity contribution is -0.167. The summed E-state index contributed by atoms with van der Waals surface area (Å²) in [4.78, 5) is 26.3. The molecule has 1 aliphatic heterocycles. The molecule has 5 heteroatoms. The van der Waals surface area contributed by atoms with Crippen molar-refractivity contribution in [2.24, 2.45) is 11.3 Å². The molecule has 2 N–H and O–H groups in total. The van der Waals surface area contributed by atoms with Gasteiger partial charge in [-0.15, -0.1) is 0 Å². The Morgan fingerprint density at radius 1 is 1.24 bits per heavy atom. The number of carboxylic acids is 1. The van der Waals surface area contributed by atoms with E-state index in [1.54, 1.807) is 4.90 Å². The number of aliphatic carboxylic acids is 1. The number of aliphatic hydroxyl groups is 1. The molecule has 3 rings (SSSR count). The van der Waals surface area contributed by atoms with Crippen LogP contribution >= 0.6 is 0 Å². The molecule has 1 aromatic rings. The number of hydrogen-bond acceptors (Lipinski definition) is 3. The average molecular weight is 345 g/mol. The molecule has 25 heavy (non-hydrogen) atoms. The summed E-state index contributed by atoms with van der Waals surface area (Å²) < 4.78 is 0. The molecule has 1 heterocycles. The molecule has 0 bridgehead atoms. The minimum absolute atomic E-state index is 0.0171. The largest absolute Gasteiger partial charge is 0.481 e. The first-order valence-corrected chi connectivity index (χ1v) is 9.16. The number of carbonyl (C=O) groups excluding carboxylic acids is 1. The Labute approximate surface area is 148 Å². The Kier molecular flexibility index (Phi) is 5.13. The molecule has 1 amide bonds. The van der Waals surface area contributed by atoms with Gasteiger partial charge in [-0.05, 0) is 43.2 Å². The molecule has 2 aliphatic rings. The minimum atomic E-state index is -1.20. The van der Waals surface area contributed by atoms with E-state index < -0.39 is 17.5 Å². The fourth-order valence-electron chi connectivity index (χ4n) is 3.92. The molecule has 0 unspecified atom stereocenters. The Morgan fingerprint density at radius 2 is 1.96 bits per heavy atom. The molecule has 136 valence electrons. The van der Waals surface area contributed by atoms with Gasteiger partial charge in [0.2, 0.25) is 5.91 Å². The first-order valence-electron chi connectivity index (χ1n) is 9.16. The summed E-state index contributed by atoms with van der Waals surface area (Å²) in [5, 5.41) is 20.2. The summed E-state index contributed by atoms with van der Waals surface area (Å²) in [5.41, 5.74) is 1.12. The normalized spacial score (nSPS) is 26.5. The maximum absolute atomic E-state index is 12.7. The lowest BCUT2D eigenvalue weighted by Crippen LogP contribution is -2.57. The number of benzene rings is 1. The summed E-state index contributed by atoms with van der Waals surface area (Å²) in [6, 6.07) is 8.00. The van der Waals surface area contributed by atoms with Gasteiger partial charge in [-0.3, -0.25) is 9.59 Å². The van der Waals surface area contributed by atoms with E-state index in [1.807, 2.05) is 31.2 Å². The lowest BCUT2D eigenvalue weighted by atomic mass is 9.73. The van der Waals surface area contributed by atoms with Crippen LogP contribution < -0.4 is 0 Å². The zero-order chi connectivity index (χ0) is 18.0. The molecule has 2 atom stereocenters. The van der Waals surface area contributed by atoms with Crippen molar-refractivity contribution in [1.29, 1.82) is 0 Å². The van der Waals surface area contributed by atoms with Crippen LogP contribution in [0.3, 0.4) is 0 Å². The van der Waals surface area contributed by atoms with E-state index in [0.29, 0.717) is 38.1 Å². The Hall–Kier alpha value is -1.88. The van der Waals surface area contributed by atoms with Crippen molar-refractivity contribution in [3.63, 3.8) is 0 Å². The van der Waals surface area contributed by atoms with Gasteiger partial charge in [-0.1, -0.05) is 37.1 Å². The lowest BCUT2D eigenvalue weighted by Gasteiger charge is -2.43. The molecule has 0 spiro atoms. The van der Waals surface area contributed by atoms with Gasteiger partial charge in [0.05, 0.1) is 6.10 Å². The molecule has 5 nitrogen and oxygen atoms in total. The van der Waals surface area contributed by atoms with Gasteiger partial charge in [0, 0.05) is 19.5 Å². The highest BCUT2D eigenvalue weighted by Gasteiger charge is 2.52. The highest BCUT2D eigenvalue weighted by atomic mass is 16.4. The van der Waals surface area contributed by atoms with Gasteiger partial charge < -0.3 is 15.1 Å². The van der Waals surface area contributed by atoms with E-state index in [1.165, 1.54) is 0 Å². The van der Waals surface area contributed by atoms with Crippen LogP contribution in [0.5, 0.6) is 0 Å². The van der Waals surface area contributed by atoms with Crippen molar-refractivity contribution in [2.45, 2.75) is 51.6 Å². The summed E-state index contributed by atoms with van der Waals surface area (Å²) in [7, 11) is 0. The van der Waals surface area contributed by atoms with Gasteiger partial charge >= 0.3 is 5.97 Å². The third-order valence-electron chi connectivity index (χ3n) is 5.78. The van der Waals surface area contributed by atoms with Crippen LogP contribution in [0.25, 0.3) is 0 Å². The topological polar surface area (TPSA) is 77.8 Å². The minimum Gasteiger partial charge on any atom is -0.481 e. The van der Waals surface area contributed by atoms with Crippen molar-refractivity contribution < 1.29 is 19.8 Å². The molecule has 1 aromatic carbocycles. The predicted octanol–water partition coefficient (Wildman–Crippen LogP) is 2.39. The number of aliphatic hydroxyl groups excluding tert-OH is 1. The Balaban J connectivity index is 1.66. The summed E-state index contributed by atoms with van der Waals surface area (Å²) in [6.07, 6.45) is 3.05. The van der Waals surface area contributed by atoms with Crippen LogP contribution in [-0.4, -0.2) is 46.2 Å². The number of carbonyl (C=O) groups is 2. The zero-order valence-electron chi connectivity index (χ0n) is 14.8. The number of rotatable bonds is 6. The second-order valence-corrected chi connectivity index (χ2v) is 7.66. The standard InChI is InChI=1S/C20H27NO4/c1-14-4-2-3-5-16(14)8-9-18(23)21-11-10-17(22)20(13-21,19(24)25)12-15-6-7-15/h2-5,15,17,22H,6-13H2,1H3,(H,24,25)/t17-,20-/m1/s1. The maximum Gasteiger partial charge on any atom is 0.314 e. The average Bonchev–Trinajstić information content (AvgIpc) is 3.39. The number of likely N-dealkylation sites (tertiary alicyclic amines) is 1. The first kappa shape index (κ1) is 17.9. The monoisotopic (exact) mass is 345 g/mol. The Bertz CT molecular complexity index is 655. The second-order valence-electron chi connectivity index (χ2n) is 7.66. The SMILES string of the molecule is Cc1ccccc1CCC(=O)N1CC[C@@H](O)[C@](CC2CC2)(C(=O)O)C1. The summed E-state index contributed by atoms with van der Waals surface area (Å²) in [6.45, 7) is 2.60. The molecular weight excluding hydrogens is 318 g/mol. The number of amides is 1. The maximum atomic E-state index is 12.7. The molecule has 0 radical (unpaired) electrons. The first-order chi connectivity index (χ1) is 11.9. The Morgan fingerprint density at radius 3 is 2.60 bits per heavy atom. The number of nitrogens with zero attached hydrogens (tertiary/aromatic N) is 1. The van der Waals surface area contributed by atoms with E-state index in [4.69, 9.17) is 0 Å². The van der Waals surface area contributed by atoms with Crippen LogP contribution in [0.15, 0.2) is 24.3 Å². The molecule has 0 aromatic heterocycles. The molecular formula is C20H27NO4. The van der Waals surface area contributed by atoms with Gasteiger partial charge in [0.1, 0.15) is 5.41 Å². The van der Waals surface area contributed by atoms with Crippen molar-refractivity contribution >= 4 is 11.9 Å². The van der Waals surface area contributed by atoms with Crippen LogP contribution in [0.2, 0.25) is 0 Å². The van der Waals surface area contributed by atoms with Crippen molar-refractivity contribution in [3.05, 3.63) is 35.4 Å². The predicted molar refractivity (Wildman–Crippen MR) is 94.1 cm³/mol. The van der Waals surface area contributed by atoms with Crippen LogP contribution in [0, 0.1) is 18.3 Å². The fourth-order valence-corrected chi connectivity index (χ4v) is 3.92.